The topological polar surface area (TPSA) is 99.4 Å². The molecule has 0 aliphatic rings. The molecular weight excluding hydrogens is 384 g/mol. The number of phenolic OH excluding ortho intramolecular Hbond substituents is 1. The summed E-state index contributed by atoms with van der Waals surface area (Å²) >= 11 is 0. The molecule has 8 nitrogen and oxygen atoms in total. The van der Waals surface area contributed by atoms with Crippen LogP contribution in [0.3, 0.4) is 0 Å². The van der Waals surface area contributed by atoms with Gasteiger partial charge in [-0.2, -0.15) is 4.68 Å². The Balaban J connectivity index is 1.51. The largest absolute Gasteiger partial charge is 0.507 e. The number of Topliss-reactive ketones (excluding diaryl/α,β-unsaturated/α-hetero) is 1. The number of aromatic nitrogens is 4. The third-order valence-corrected chi connectivity index (χ3v) is 4.64. The third kappa shape index (κ3) is 4.94. The SMILES string of the molecule is CCCc1c(OCCCOc2ccc(-n3nnnc3C)cc2)ccc(C(C)=O)c1O. The van der Waals surface area contributed by atoms with E-state index in [9.17, 15) is 9.90 Å². The molecule has 0 saturated heterocycles. The zero-order valence-electron chi connectivity index (χ0n) is 17.5. The molecule has 2 aromatic carbocycles. The average Bonchev–Trinajstić information content (AvgIpc) is 3.16. The van der Waals surface area contributed by atoms with Gasteiger partial charge in [0.25, 0.3) is 0 Å². The molecule has 0 aliphatic carbocycles. The molecule has 1 N–H and O–H groups in total. The van der Waals surface area contributed by atoms with Gasteiger partial charge in [-0.1, -0.05) is 13.3 Å². The lowest BCUT2D eigenvalue weighted by Gasteiger charge is -2.15. The van der Waals surface area contributed by atoms with Crippen molar-refractivity contribution in [2.45, 2.75) is 40.0 Å². The third-order valence-electron chi connectivity index (χ3n) is 4.64. The molecular formula is C22H26N4O4. The summed E-state index contributed by atoms with van der Waals surface area (Å²) in [4.78, 5) is 11.6. The fourth-order valence-electron chi connectivity index (χ4n) is 3.11. The van der Waals surface area contributed by atoms with Crippen molar-refractivity contribution in [3.05, 3.63) is 53.3 Å². The van der Waals surface area contributed by atoms with Crippen molar-refractivity contribution >= 4 is 5.78 Å². The van der Waals surface area contributed by atoms with E-state index in [1.807, 2.05) is 38.1 Å². The molecule has 3 rings (SSSR count). The van der Waals surface area contributed by atoms with Crippen LogP contribution in [0, 0.1) is 6.92 Å². The number of rotatable bonds is 10. The van der Waals surface area contributed by atoms with Crippen LogP contribution in [0.2, 0.25) is 0 Å². The highest BCUT2D eigenvalue weighted by Gasteiger charge is 2.15. The van der Waals surface area contributed by atoms with Crippen molar-refractivity contribution in [2.24, 2.45) is 0 Å². The maximum Gasteiger partial charge on any atom is 0.163 e. The Morgan fingerprint density at radius 3 is 2.47 bits per heavy atom. The molecule has 8 heteroatoms. The molecule has 0 fully saturated rings. The summed E-state index contributed by atoms with van der Waals surface area (Å²) in [6, 6.07) is 10.9. The summed E-state index contributed by atoms with van der Waals surface area (Å²) < 4.78 is 13.3. The number of benzene rings is 2. The lowest BCUT2D eigenvalue weighted by atomic mass is 10.0. The molecule has 30 heavy (non-hydrogen) atoms. The number of nitrogens with zero attached hydrogens (tertiary/aromatic N) is 4. The van der Waals surface area contributed by atoms with Crippen molar-refractivity contribution in [2.75, 3.05) is 13.2 Å². The monoisotopic (exact) mass is 410 g/mol. The molecule has 0 amide bonds. The zero-order valence-corrected chi connectivity index (χ0v) is 17.5. The van der Waals surface area contributed by atoms with Gasteiger partial charge in [-0.15, -0.1) is 5.10 Å². The van der Waals surface area contributed by atoms with Gasteiger partial charge >= 0.3 is 0 Å². The van der Waals surface area contributed by atoms with Gasteiger partial charge in [-0.25, -0.2) is 0 Å². The summed E-state index contributed by atoms with van der Waals surface area (Å²) in [5.41, 5.74) is 1.87. The Labute approximate surface area is 175 Å². The van der Waals surface area contributed by atoms with Crippen LogP contribution in [0.4, 0.5) is 0 Å². The van der Waals surface area contributed by atoms with E-state index in [4.69, 9.17) is 9.47 Å². The van der Waals surface area contributed by atoms with Gasteiger partial charge in [0, 0.05) is 12.0 Å². The number of aryl methyl sites for hydroxylation is 1. The Morgan fingerprint density at radius 1 is 1.10 bits per heavy atom. The van der Waals surface area contributed by atoms with Crippen LogP contribution < -0.4 is 9.47 Å². The smallest absolute Gasteiger partial charge is 0.163 e. The minimum atomic E-state index is -0.161. The maximum absolute atomic E-state index is 11.6. The number of carbonyl (C=O) groups excluding carboxylic acids is 1. The fourth-order valence-corrected chi connectivity index (χ4v) is 3.11. The van der Waals surface area contributed by atoms with Crippen molar-refractivity contribution < 1.29 is 19.4 Å². The zero-order chi connectivity index (χ0) is 21.5. The number of ether oxygens (including phenoxy) is 2. The van der Waals surface area contributed by atoms with Crippen molar-refractivity contribution in [1.29, 1.82) is 0 Å². The molecule has 0 unspecified atom stereocenters. The Bertz CT molecular complexity index is 999. The van der Waals surface area contributed by atoms with E-state index in [2.05, 4.69) is 15.5 Å². The summed E-state index contributed by atoms with van der Waals surface area (Å²) in [6.07, 6.45) is 2.16. The van der Waals surface area contributed by atoms with Crippen LogP contribution in [0.15, 0.2) is 36.4 Å². The molecule has 0 aliphatic heterocycles. The number of tetrazole rings is 1. The van der Waals surface area contributed by atoms with E-state index in [0.717, 1.165) is 17.9 Å². The Hall–Kier alpha value is -3.42. The van der Waals surface area contributed by atoms with Crippen LogP contribution in [-0.2, 0) is 6.42 Å². The summed E-state index contributed by atoms with van der Waals surface area (Å²) in [6.45, 7) is 6.23. The Morgan fingerprint density at radius 2 is 1.83 bits per heavy atom. The Kier molecular flexibility index (Phi) is 7.00. The fraction of sp³-hybridized carbons (Fsp3) is 0.364. The molecule has 0 saturated carbocycles. The van der Waals surface area contributed by atoms with E-state index in [-0.39, 0.29) is 11.5 Å². The molecule has 0 spiro atoms. The first-order chi connectivity index (χ1) is 14.5. The van der Waals surface area contributed by atoms with Crippen molar-refractivity contribution in [3.8, 4) is 22.9 Å². The van der Waals surface area contributed by atoms with Gasteiger partial charge in [-0.05, 0) is 67.1 Å². The van der Waals surface area contributed by atoms with E-state index in [0.29, 0.717) is 48.8 Å². The lowest BCUT2D eigenvalue weighted by Crippen LogP contribution is -2.07. The van der Waals surface area contributed by atoms with E-state index < -0.39 is 0 Å². The summed E-state index contributed by atoms with van der Waals surface area (Å²) in [5.74, 6) is 1.94. The first-order valence-electron chi connectivity index (χ1n) is 9.98. The van der Waals surface area contributed by atoms with Gasteiger partial charge < -0.3 is 14.6 Å². The number of ketones is 1. The van der Waals surface area contributed by atoms with Crippen molar-refractivity contribution in [1.82, 2.24) is 20.2 Å². The van der Waals surface area contributed by atoms with Gasteiger partial charge in [0.15, 0.2) is 11.6 Å². The van der Waals surface area contributed by atoms with Crippen LogP contribution in [0.5, 0.6) is 17.2 Å². The van der Waals surface area contributed by atoms with Crippen LogP contribution in [0.1, 0.15) is 48.4 Å². The predicted molar refractivity (Wildman–Crippen MR) is 112 cm³/mol. The first kappa shape index (κ1) is 21.3. The minimum absolute atomic E-state index is 0.0241. The van der Waals surface area contributed by atoms with E-state index in [1.165, 1.54) is 6.92 Å². The second-order valence-corrected chi connectivity index (χ2v) is 6.93. The number of phenols is 1. The number of hydrogen-bond acceptors (Lipinski definition) is 7. The normalized spacial score (nSPS) is 10.8. The average molecular weight is 410 g/mol. The molecule has 1 heterocycles. The molecule has 3 aromatic rings. The van der Waals surface area contributed by atoms with Crippen LogP contribution in [-0.4, -0.2) is 44.3 Å². The lowest BCUT2D eigenvalue weighted by molar-refractivity contribution is 0.101. The van der Waals surface area contributed by atoms with E-state index in [1.54, 1.807) is 16.8 Å². The second kappa shape index (κ2) is 9.87. The quantitative estimate of drug-likeness (QED) is 0.402. The number of carbonyl (C=O) groups is 1. The molecule has 0 radical (unpaired) electrons. The highest BCUT2D eigenvalue weighted by atomic mass is 16.5. The molecule has 0 bridgehead atoms. The maximum atomic E-state index is 11.6. The van der Waals surface area contributed by atoms with Crippen LogP contribution >= 0.6 is 0 Å². The van der Waals surface area contributed by atoms with Gasteiger partial charge in [0.05, 0.1) is 24.5 Å². The number of aromatic hydroxyl groups is 1. The highest BCUT2D eigenvalue weighted by Crippen LogP contribution is 2.33. The standard InChI is InChI=1S/C22H26N4O4/c1-4-6-20-21(12-11-19(15(2)27)22(20)28)30-14-5-13-29-18-9-7-17(8-10-18)26-16(3)23-24-25-26/h7-12,28H,4-6,13-14H2,1-3H3. The molecule has 158 valence electrons. The van der Waals surface area contributed by atoms with Gasteiger partial charge in [-0.3, -0.25) is 4.79 Å². The van der Waals surface area contributed by atoms with Gasteiger partial charge in [0.1, 0.15) is 17.2 Å². The van der Waals surface area contributed by atoms with Crippen LogP contribution in [0.25, 0.3) is 5.69 Å². The predicted octanol–water partition coefficient (Wildman–Crippen LogP) is 3.68. The van der Waals surface area contributed by atoms with Crippen molar-refractivity contribution in [3.63, 3.8) is 0 Å². The second-order valence-electron chi connectivity index (χ2n) is 6.93. The minimum Gasteiger partial charge on any atom is -0.507 e. The highest BCUT2D eigenvalue weighted by molar-refractivity contribution is 5.97. The summed E-state index contributed by atoms with van der Waals surface area (Å²) in [5, 5.41) is 21.8. The first-order valence-corrected chi connectivity index (χ1v) is 9.98. The van der Waals surface area contributed by atoms with E-state index >= 15 is 0 Å². The summed E-state index contributed by atoms with van der Waals surface area (Å²) in [7, 11) is 0. The molecule has 0 atom stereocenters. The number of hydrogen-bond donors (Lipinski definition) is 1. The van der Waals surface area contributed by atoms with Gasteiger partial charge in [0.2, 0.25) is 0 Å². The molecule has 1 aromatic heterocycles.